The SMILES string of the molecule is N#CC1CN(C2COc3ccccc3C2Nc2ncnc3[nH]c(C(F)(F)F)cc23)C1. The van der Waals surface area contributed by atoms with Crippen molar-refractivity contribution in [2.75, 3.05) is 25.0 Å². The van der Waals surface area contributed by atoms with Gasteiger partial charge in [0, 0.05) is 18.7 Å². The lowest BCUT2D eigenvalue weighted by molar-refractivity contribution is -0.140. The minimum absolute atomic E-state index is 0.0207. The van der Waals surface area contributed by atoms with Crippen LogP contribution in [0.25, 0.3) is 11.0 Å². The van der Waals surface area contributed by atoms with Crippen LogP contribution in [0.3, 0.4) is 0 Å². The Kier molecular flexibility index (Phi) is 4.29. The van der Waals surface area contributed by atoms with Gasteiger partial charge < -0.3 is 15.0 Å². The average Bonchev–Trinajstić information content (AvgIpc) is 3.14. The Morgan fingerprint density at radius 2 is 2.03 bits per heavy atom. The van der Waals surface area contributed by atoms with Crippen LogP contribution in [0.15, 0.2) is 36.7 Å². The topological polar surface area (TPSA) is 89.9 Å². The second-order valence-electron chi connectivity index (χ2n) is 7.48. The summed E-state index contributed by atoms with van der Waals surface area (Å²) in [7, 11) is 0. The third kappa shape index (κ3) is 3.11. The molecule has 0 aliphatic carbocycles. The van der Waals surface area contributed by atoms with Gasteiger partial charge in [-0.3, -0.25) is 4.90 Å². The van der Waals surface area contributed by atoms with Gasteiger partial charge in [-0.25, -0.2) is 9.97 Å². The van der Waals surface area contributed by atoms with E-state index in [9.17, 15) is 13.2 Å². The summed E-state index contributed by atoms with van der Waals surface area (Å²) in [5.41, 5.74) is 0.141. The molecule has 154 valence electrons. The van der Waals surface area contributed by atoms with Crippen molar-refractivity contribution in [3.05, 3.63) is 47.9 Å². The quantitative estimate of drug-likeness (QED) is 0.683. The summed E-state index contributed by atoms with van der Waals surface area (Å²) in [4.78, 5) is 12.6. The van der Waals surface area contributed by atoms with Crippen LogP contribution >= 0.6 is 0 Å². The van der Waals surface area contributed by atoms with Crippen molar-refractivity contribution < 1.29 is 17.9 Å². The van der Waals surface area contributed by atoms with E-state index in [2.05, 4.69) is 31.2 Å². The molecule has 3 aromatic rings. The molecule has 1 fully saturated rings. The van der Waals surface area contributed by atoms with Gasteiger partial charge in [0.05, 0.1) is 29.5 Å². The molecule has 0 spiro atoms. The highest BCUT2D eigenvalue weighted by atomic mass is 19.4. The first-order valence-corrected chi connectivity index (χ1v) is 9.47. The fourth-order valence-electron chi connectivity index (χ4n) is 4.06. The predicted octanol–water partition coefficient (Wildman–Crippen LogP) is 3.35. The summed E-state index contributed by atoms with van der Waals surface area (Å²) in [5.74, 6) is 1.02. The molecular formula is C20H17F3N6O. The van der Waals surface area contributed by atoms with Crippen molar-refractivity contribution in [2.24, 2.45) is 5.92 Å². The zero-order valence-corrected chi connectivity index (χ0v) is 15.6. The number of para-hydroxylation sites is 1. The molecule has 2 aliphatic heterocycles. The molecule has 10 heteroatoms. The van der Waals surface area contributed by atoms with Gasteiger partial charge in [0.1, 0.15) is 35.8 Å². The molecule has 2 aromatic heterocycles. The number of ether oxygens (including phenoxy) is 1. The molecule has 2 unspecified atom stereocenters. The molecule has 2 aliphatic rings. The number of likely N-dealkylation sites (tertiary alicyclic amines) is 1. The van der Waals surface area contributed by atoms with E-state index in [0.717, 1.165) is 17.4 Å². The molecular weight excluding hydrogens is 397 g/mol. The van der Waals surface area contributed by atoms with Crippen LogP contribution in [-0.4, -0.2) is 45.6 Å². The summed E-state index contributed by atoms with van der Waals surface area (Å²) in [5, 5.41) is 12.7. The lowest BCUT2D eigenvalue weighted by Crippen LogP contribution is -2.57. The van der Waals surface area contributed by atoms with Gasteiger partial charge in [-0.05, 0) is 12.1 Å². The molecule has 1 saturated heterocycles. The number of H-pyrrole nitrogens is 1. The fourth-order valence-corrected chi connectivity index (χ4v) is 4.06. The lowest BCUT2D eigenvalue weighted by Gasteiger charge is -2.46. The monoisotopic (exact) mass is 414 g/mol. The molecule has 0 amide bonds. The highest BCUT2D eigenvalue weighted by molar-refractivity contribution is 5.88. The number of alkyl halides is 3. The number of benzene rings is 1. The van der Waals surface area contributed by atoms with Crippen LogP contribution in [0.2, 0.25) is 0 Å². The predicted molar refractivity (Wildman–Crippen MR) is 102 cm³/mol. The van der Waals surface area contributed by atoms with E-state index in [1.807, 2.05) is 24.3 Å². The molecule has 0 radical (unpaired) electrons. The largest absolute Gasteiger partial charge is 0.491 e. The second kappa shape index (κ2) is 6.88. The number of nitriles is 1. The maximum absolute atomic E-state index is 13.2. The van der Waals surface area contributed by atoms with Crippen LogP contribution < -0.4 is 10.1 Å². The van der Waals surface area contributed by atoms with Crippen LogP contribution in [0, 0.1) is 17.2 Å². The number of aromatic nitrogens is 3. The zero-order chi connectivity index (χ0) is 20.9. The minimum Gasteiger partial charge on any atom is -0.491 e. The Bertz CT molecular complexity index is 1130. The Labute approximate surface area is 169 Å². The molecule has 2 atom stereocenters. The smallest absolute Gasteiger partial charge is 0.431 e. The number of halogens is 3. The number of aromatic amines is 1. The Balaban J connectivity index is 1.52. The Morgan fingerprint density at radius 1 is 1.23 bits per heavy atom. The van der Waals surface area contributed by atoms with Gasteiger partial charge in [-0.15, -0.1) is 0 Å². The standard InChI is InChI=1S/C20H17F3N6O/c21-20(22,23)16-5-13-18(27-16)25-10-26-19(13)28-17-12-3-1-2-4-15(12)30-9-14(17)29-7-11(6-24)8-29/h1-5,10-11,14,17H,7-9H2,(H2,25,26,27,28). The molecule has 30 heavy (non-hydrogen) atoms. The zero-order valence-electron chi connectivity index (χ0n) is 15.6. The van der Waals surface area contributed by atoms with E-state index in [1.165, 1.54) is 6.33 Å². The van der Waals surface area contributed by atoms with Crippen LogP contribution in [0.4, 0.5) is 19.0 Å². The first-order valence-electron chi connectivity index (χ1n) is 9.47. The van der Waals surface area contributed by atoms with Crippen molar-refractivity contribution >= 4 is 16.9 Å². The van der Waals surface area contributed by atoms with Gasteiger partial charge in [-0.1, -0.05) is 18.2 Å². The van der Waals surface area contributed by atoms with Gasteiger partial charge in [0.2, 0.25) is 0 Å². The number of nitrogens with one attached hydrogen (secondary N) is 2. The summed E-state index contributed by atoms with van der Waals surface area (Å²) in [6.45, 7) is 1.67. The van der Waals surface area contributed by atoms with Gasteiger partial charge in [0.15, 0.2) is 0 Å². The van der Waals surface area contributed by atoms with E-state index in [1.54, 1.807) is 0 Å². The third-order valence-corrected chi connectivity index (χ3v) is 5.63. The molecule has 7 nitrogen and oxygen atoms in total. The highest BCUT2D eigenvalue weighted by Gasteiger charge is 2.41. The van der Waals surface area contributed by atoms with E-state index < -0.39 is 11.9 Å². The molecule has 1 aromatic carbocycles. The number of anilines is 1. The van der Waals surface area contributed by atoms with Gasteiger partial charge >= 0.3 is 6.18 Å². The number of hydrogen-bond acceptors (Lipinski definition) is 6. The third-order valence-electron chi connectivity index (χ3n) is 5.63. The van der Waals surface area contributed by atoms with E-state index >= 15 is 0 Å². The van der Waals surface area contributed by atoms with Crippen molar-refractivity contribution in [3.63, 3.8) is 0 Å². The summed E-state index contributed by atoms with van der Waals surface area (Å²) >= 11 is 0. The Morgan fingerprint density at radius 3 is 2.80 bits per heavy atom. The van der Waals surface area contributed by atoms with E-state index in [0.29, 0.717) is 25.5 Å². The number of hydrogen-bond donors (Lipinski definition) is 2. The maximum atomic E-state index is 13.2. The fraction of sp³-hybridized carbons (Fsp3) is 0.350. The van der Waals surface area contributed by atoms with Crippen molar-refractivity contribution in [3.8, 4) is 11.8 Å². The summed E-state index contributed by atoms with van der Waals surface area (Å²) in [6, 6.07) is 10.5. The van der Waals surface area contributed by atoms with Gasteiger partial charge in [0.25, 0.3) is 0 Å². The number of fused-ring (bicyclic) bond motifs is 2. The number of rotatable bonds is 3. The van der Waals surface area contributed by atoms with Crippen molar-refractivity contribution in [2.45, 2.75) is 18.3 Å². The molecule has 0 bridgehead atoms. The number of nitrogens with zero attached hydrogens (tertiary/aromatic N) is 4. The normalized spacial score (nSPS) is 22.1. The van der Waals surface area contributed by atoms with Gasteiger partial charge in [-0.2, -0.15) is 18.4 Å². The highest BCUT2D eigenvalue weighted by Crippen LogP contribution is 2.39. The first kappa shape index (κ1) is 18.7. The second-order valence-corrected chi connectivity index (χ2v) is 7.48. The van der Waals surface area contributed by atoms with Crippen LogP contribution in [0.1, 0.15) is 17.3 Å². The Hall–Kier alpha value is -3.32. The van der Waals surface area contributed by atoms with Crippen LogP contribution in [0.5, 0.6) is 5.75 Å². The summed E-state index contributed by atoms with van der Waals surface area (Å²) < 4.78 is 45.4. The lowest BCUT2D eigenvalue weighted by atomic mass is 9.90. The average molecular weight is 414 g/mol. The van der Waals surface area contributed by atoms with E-state index in [-0.39, 0.29) is 29.0 Å². The maximum Gasteiger partial charge on any atom is 0.431 e. The summed E-state index contributed by atoms with van der Waals surface area (Å²) in [6.07, 6.45) is -3.27. The van der Waals surface area contributed by atoms with Crippen molar-refractivity contribution in [1.82, 2.24) is 19.9 Å². The molecule has 2 N–H and O–H groups in total. The van der Waals surface area contributed by atoms with Crippen LogP contribution in [-0.2, 0) is 6.18 Å². The van der Waals surface area contributed by atoms with Crippen molar-refractivity contribution in [1.29, 1.82) is 5.26 Å². The van der Waals surface area contributed by atoms with E-state index in [4.69, 9.17) is 10.00 Å². The molecule has 0 saturated carbocycles. The first-order chi connectivity index (χ1) is 14.4. The minimum atomic E-state index is -4.50. The molecule has 4 heterocycles. The molecule has 5 rings (SSSR count).